The van der Waals surface area contributed by atoms with E-state index in [-0.39, 0.29) is 47.8 Å². The fourth-order valence-electron chi connectivity index (χ4n) is 2.13. The number of hydrogen-bond donors (Lipinski definition) is 0. The van der Waals surface area contributed by atoms with Gasteiger partial charge in [-0.1, -0.05) is 19.6 Å². The Morgan fingerprint density at radius 1 is 1.29 bits per heavy atom. The summed E-state index contributed by atoms with van der Waals surface area (Å²) in [5.74, 6) is 0.0311. The van der Waals surface area contributed by atoms with Gasteiger partial charge in [-0.25, -0.2) is 8.42 Å². The molecule has 0 aliphatic rings. The van der Waals surface area contributed by atoms with Crippen LogP contribution in [0.3, 0.4) is 0 Å². The Hall–Kier alpha value is -0.773. The summed E-state index contributed by atoms with van der Waals surface area (Å²) in [6, 6.07) is 2.47. The molecular formula is C16H26BrN6NaO5SSi. The zero-order chi connectivity index (χ0) is 22.7. The van der Waals surface area contributed by atoms with Gasteiger partial charge in [-0.2, -0.15) is 0 Å². The smallest absolute Gasteiger partial charge is 0.492 e. The van der Waals surface area contributed by atoms with Crippen LogP contribution in [-0.2, 0) is 26.4 Å². The standard InChI is InChI=1S/C16H27BrN6O5SSi.Na/c1-16(2,3)28-15(24)20-29(25,26)22-8-7-12(17)13(22)14-18-21-23(19-14)11-27-9-10-30(4,5)6;/h7-8H,9-11H2,1-6H3,(H,20,24);/q;+1/p-1. The zero-order valence-corrected chi connectivity index (χ0v) is 24.2. The Bertz CT molecular complexity index is 999. The molecule has 0 bridgehead atoms. The van der Waals surface area contributed by atoms with E-state index in [0.717, 1.165) is 10.0 Å². The van der Waals surface area contributed by atoms with Gasteiger partial charge in [0.15, 0.2) is 16.9 Å². The van der Waals surface area contributed by atoms with Crippen LogP contribution in [0.5, 0.6) is 0 Å². The number of amides is 1. The molecule has 0 aromatic carbocycles. The molecule has 0 saturated heterocycles. The number of hydrogen-bond acceptors (Lipinski definition) is 8. The first-order valence-corrected chi connectivity index (χ1v) is 15.0. The Morgan fingerprint density at radius 2 is 1.94 bits per heavy atom. The van der Waals surface area contributed by atoms with E-state index in [0.29, 0.717) is 11.1 Å². The van der Waals surface area contributed by atoms with E-state index < -0.39 is 30.0 Å². The molecule has 0 unspecified atom stereocenters. The molecule has 2 aromatic heterocycles. The summed E-state index contributed by atoms with van der Waals surface area (Å²) < 4.78 is 40.1. The minimum atomic E-state index is -4.42. The fraction of sp³-hybridized carbons (Fsp3) is 0.625. The van der Waals surface area contributed by atoms with Crippen molar-refractivity contribution < 1.29 is 52.2 Å². The number of ether oxygens (including phenoxy) is 2. The molecular weight excluding hydrogens is 519 g/mol. The molecule has 2 rings (SSSR count). The minimum Gasteiger partial charge on any atom is -0.492 e. The maximum Gasteiger partial charge on any atom is 1.00 e. The van der Waals surface area contributed by atoms with Crippen molar-refractivity contribution in [2.75, 3.05) is 6.61 Å². The van der Waals surface area contributed by atoms with Gasteiger partial charge < -0.3 is 14.2 Å². The van der Waals surface area contributed by atoms with Gasteiger partial charge in [0.1, 0.15) is 11.3 Å². The molecule has 11 nitrogen and oxygen atoms in total. The molecule has 0 spiro atoms. The summed E-state index contributed by atoms with van der Waals surface area (Å²) in [6.07, 6.45) is 0.0130. The van der Waals surface area contributed by atoms with Gasteiger partial charge in [0.25, 0.3) is 0 Å². The Labute approximate surface area is 213 Å². The molecule has 15 heteroatoms. The normalized spacial score (nSPS) is 12.4. The molecule has 0 atom stereocenters. The van der Waals surface area contributed by atoms with Gasteiger partial charge in [0, 0.05) is 25.4 Å². The molecule has 0 aliphatic carbocycles. The predicted octanol–water partition coefficient (Wildman–Crippen LogP) is 0.622. The third-order valence-corrected chi connectivity index (χ3v) is 7.03. The number of nitrogens with zero attached hydrogens (tertiary/aromatic N) is 6. The zero-order valence-electron chi connectivity index (χ0n) is 18.8. The Kier molecular flexibility index (Phi) is 9.93. The van der Waals surface area contributed by atoms with Crippen molar-refractivity contribution in [1.29, 1.82) is 0 Å². The topological polar surface area (TPSA) is 132 Å². The molecule has 0 N–H and O–H groups in total. The van der Waals surface area contributed by atoms with Crippen molar-refractivity contribution in [3.05, 3.63) is 21.5 Å². The van der Waals surface area contributed by atoms with Crippen LogP contribution in [0.4, 0.5) is 4.79 Å². The number of rotatable bonds is 8. The van der Waals surface area contributed by atoms with E-state index in [4.69, 9.17) is 9.47 Å². The van der Waals surface area contributed by atoms with Crippen molar-refractivity contribution in [2.24, 2.45) is 0 Å². The van der Waals surface area contributed by atoms with E-state index in [2.05, 4.69) is 55.7 Å². The van der Waals surface area contributed by atoms with Crippen LogP contribution < -0.4 is 29.6 Å². The van der Waals surface area contributed by atoms with Crippen LogP contribution in [0, 0.1) is 0 Å². The van der Waals surface area contributed by atoms with Crippen molar-refractivity contribution in [1.82, 2.24) is 24.2 Å². The van der Waals surface area contributed by atoms with Gasteiger partial charge in [0.2, 0.25) is 11.9 Å². The quantitative estimate of drug-likeness (QED) is 0.349. The third-order valence-electron chi connectivity index (χ3n) is 3.50. The van der Waals surface area contributed by atoms with E-state index in [1.165, 1.54) is 17.1 Å². The number of halogens is 1. The average molecular weight is 545 g/mol. The number of carbonyl (C=O) groups is 1. The van der Waals surface area contributed by atoms with Gasteiger partial charge in [-0.3, -0.25) is 8.77 Å². The van der Waals surface area contributed by atoms with Crippen LogP contribution >= 0.6 is 15.9 Å². The molecule has 1 amide bonds. The second-order valence-electron chi connectivity index (χ2n) is 8.69. The Balaban J connectivity index is 0.00000480. The number of tetrazole rings is 1. The minimum absolute atomic E-state index is 0. The largest absolute Gasteiger partial charge is 1.00 e. The first-order valence-electron chi connectivity index (χ1n) is 9.12. The van der Waals surface area contributed by atoms with Crippen molar-refractivity contribution >= 4 is 40.3 Å². The molecule has 0 aliphatic heterocycles. The van der Waals surface area contributed by atoms with Gasteiger partial charge in [-0.05, 0) is 54.0 Å². The molecule has 2 aromatic rings. The van der Waals surface area contributed by atoms with Gasteiger partial charge in [-0.15, -0.1) is 15.0 Å². The predicted molar refractivity (Wildman–Crippen MR) is 117 cm³/mol. The number of aromatic nitrogens is 5. The maximum atomic E-state index is 12.6. The van der Waals surface area contributed by atoms with Gasteiger partial charge in [0.05, 0.1) is 0 Å². The summed E-state index contributed by atoms with van der Waals surface area (Å²) in [6.45, 7) is 12.2. The molecule has 31 heavy (non-hydrogen) atoms. The second-order valence-corrected chi connectivity index (χ2v) is 16.6. The van der Waals surface area contributed by atoms with Crippen molar-refractivity contribution in [3.63, 3.8) is 0 Å². The molecule has 168 valence electrons. The summed E-state index contributed by atoms with van der Waals surface area (Å²) in [4.78, 5) is 13.1. The van der Waals surface area contributed by atoms with Crippen LogP contribution in [-0.4, -0.2) is 59.0 Å². The van der Waals surface area contributed by atoms with E-state index in [9.17, 15) is 13.2 Å². The third kappa shape index (κ3) is 8.94. The molecule has 0 radical (unpaired) electrons. The number of carbonyl (C=O) groups excluding carboxylic acids is 1. The molecule has 2 heterocycles. The maximum absolute atomic E-state index is 12.6. The van der Waals surface area contributed by atoms with Crippen LogP contribution in [0.2, 0.25) is 25.7 Å². The van der Waals surface area contributed by atoms with Crippen LogP contribution in [0.25, 0.3) is 16.2 Å². The molecule has 0 fully saturated rings. The summed E-state index contributed by atoms with van der Waals surface area (Å²) in [7, 11) is -5.64. The summed E-state index contributed by atoms with van der Waals surface area (Å²) >= 11 is 3.27. The van der Waals surface area contributed by atoms with Gasteiger partial charge >= 0.3 is 29.6 Å². The van der Waals surface area contributed by atoms with Crippen molar-refractivity contribution in [2.45, 2.75) is 58.8 Å². The SMILES string of the molecule is CC(C)(C)OC(=O)[N-]S(=O)(=O)n1ccc(Br)c1-c1nnn(COCC[Si](C)(C)C)n1.[Na+]. The first kappa shape index (κ1) is 28.3. The van der Waals surface area contributed by atoms with E-state index in [1.54, 1.807) is 20.8 Å². The summed E-state index contributed by atoms with van der Waals surface area (Å²) in [5.41, 5.74) is -0.800. The average Bonchev–Trinajstić information content (AvgIpc) is 3.14. The van der Waals surface area contributed by atoms with Crippen LogP contribution in [0.1, 0.15) is 20.8 Å². The van der Waals surface area contributed by atoms with E-state index in [1.807, 2.05) is 0 Å². The van der Waals surface area contributed by atoms with Crippen LogP contribution in [0.15, 0.2) is 16.7 Å². The van der Waals surface area contributed by atoms with Crippen molar-refractivity contribution in [3.8, 4) is 11.5 Å². The molecule has 0 saturated carbocycles. The second kappa shape index (κ2) is 10.9. The Morgan fingerprint density at radius 3 is 2.52 bits per heavy atom. The monoisotopic (exact) mass is 544 g/mol. The summed E-state index contributed by atoms with van der Waals surface area (Å²) in [5, 5.41) is 12.0. The fourth-order valence-corrected chi connectivity index (χ4v) is 4.43. The first-order chi connectivity index (χ1) is 13.7. The van der Waals surface area contributed by atoms with E-state index >= 15 is 0 Å².